The van der Waals surface area contributed by atoms with Crippen LogP contribution in [0.4, 0.5) is 0 Å². The first-order valence-electron chi connectivity index (χ1n) is 4.76. The number of carbonyl (C=O) groups excluding carboxylic acids is 1. The number of unbranched alkanes of at least 4 members (excludes halogenated alkanes) is 2. The number of ether oxygens (including phenoxy) is 1. The minimum atomic E-state index is -0.168. The Bertz CT molecular complexity index is 119. The van der Waals surface area contributed by atoms with Gasteiger partial charge in [0, 0.05) is 6.92 Å². The van der Waals surface area contributed by atoms with Crippen molar-refractivity contribution in [3.8, 4) is 0 Å². The van der Waals surface area contributed by atoms with E-state index in [1.165, 1.54) is 26.2 Å². The molecule has 0 aromatic rings. The second-order valence-corrected chi connectivity index (χ2v) is 3.58. The van der Waals surface area contributed by atoms with Crippen molar-refractivity contribution in [2.75, 3.05) is 6.61 Å². The second kappa shape index (κ2) is 7.14. The standard InChI is InChI=1S/C10H20O2/c1-9(2)7-5-4-6-8-12-10(3)11/h9H,4-8H2,1-3H3. The van der Waals surface area contributed by atoms with Crippen molar-refractivity contribution in [3.05, 3.63) is 0 Å². The van der Waals surface area contributed by atoms with Gasteiger partial charge < -0.3 is 4.74 Å². The molecule has 0 heterocycles. The largest absolute Gasteiger partial charge is 0.466 e. The van der Waals surface area contributed by atoms with Crippen molar-refractivity contribution in [3.63, 3.8) is 0 Å². The van der Waals surface area contributed by atoms with Crippen LogP contribution >= 0.6 is 0 Å². The summed E-state index contributed by atoms with van der Waals surface area (Å²) < 4.78 is 4.81. The third kappa shape index (κ3) is 9.47. The summed E-state index contributed by atoms with van der Waals surface area (Å²) in [4.78, 5) is 10.4. The van der Waals surface area contributed by atoms with Gasteiger partial charge in [-0.2, -0.15) is 0 Å². The van der Waals surface area contributed by atoms with E-state index in [4.69, 9.17) is 4.74 Å². The molecule has 0 saturated carbocycles. The summed E-state index contributed by atoms with van der Waals surface area (Å²) in [6.07, 6.45) is 4.71. The SMILES string of the molecule is CC(=O)OCCCCCC(C)C. The monoisotopic (exact) mass is 172 g/mol. The predicted octanol–water partition coefficient (Wildman–Crippen LogP) is 2.77. The van der Waals surface area contributed by atoms with Gasteiger partial charge in [0.15, 0.2) is 0 Å². The van der Waals surface area contributed by atoms with Gasteiger partial charge in [0.1, 0.15) is 0 Å². The highest BCUT2D eigenvalue weighted by Crippen LogP contribution is 2.07. The van der Waals surface area contributed by atoms with Crippen molar-refractivity contribution in [1.29, 1.82) is 0 Å². The minimum absolute atomic E-state index is 0.168. The minimum Gasteiger partial charge on any atom is -0.466 e. The van der Waals surface area contributed by atoms with E-state index in [1.807, 2.05) is 0 Å². The van der Waals surface area contributed by atoms with E-state index in [0.717, 1.165) is 12.3 Å². The third-order valence-electron chi connectivity index (χ3n) is 1.73. The molecule has 0 N–H and O–H groups in total. The van der Waals surface area contributed by atoms with Crippen LogP contribution in [0.3, 0.4) is 0 Å². The molecule has 0 aliphatic rings. The van der Waals surface area contributed by atoms with Crippen LogP contribution in [0.5, 0.6) is 0 Å². The smallest absolute Gasteiger partial charge is 0.302 e. The fraction of sp³-hybridized carbons (Fsp3) is 0.900. The first-order valence-corrected chi connectivity index (χ1v) is 4.76. The molecule has 0 atom stereocenters. The van der Waals surface area contributed by atoms with Crippen LogP contribution in [0.1, 0.15) is 46.5 Å². The van der Waals surface area contributed by atoms with E-state index in [1.54, 1.807) is 0 Å². The zero-order valence-electron chi connectivity index (χ0n) is 8.43. The molecule has 0 aromatic carbocycles. The Morgan fingerprint density at radius 1 is 1.25 bits per heavy atom. The average Bonchev–Trinajstić information content (AvgIpc) is 1.95. The Hall–Kier alpha value is -0.530. The summed E-state index contributed by atoms with van der Waals surface area (Å²) in [5, 5.41) is 0. The van der Waals surface area contributed by atoms with Crippen molar-refractivity contribution >= 4 is 5.97 Å². The molecule has 0 spiro atoms. The summed E-state index contributed by atoms with van der Waals surface area (Å²) in [5.41, 5.74) is 0. The Morgan fingerprint density at radius 2 is 1.92 bits per heavy atom. The van der Waals surface area contributed by atoms with Crippen LogP contribution < -0.4 is 0 Å². The van der Waals surface area contributed by atoms with Crippen LogP contribution in [-0.4, -0.2) is 12.6 Å². The second-order valence-electron chi connectivity index (χ2n) is 3.58. The molecule has 0 saturated heterocycles. The number of hydrogen-bond donors (Lipinski definition) is 0. The Labute approximate surface area is 75.3 Å². The number of carbonyl (C=O) groups is 1. The van der Waals surface area contributed by atoms with Gasteiger partial charge in [-0.3, -0.25) is 4.79 Å². The lowest BCUT2D eigenvalue weighted by Crippen LogP contribution is -2.00. The van der Waals surface area contributed by atoms with Crippen LogP contribution in [-0.2, 0) is 9.53 Å². The van der Waals surface area contributed by atoms with Crippen LogP contribution in [0.25, 0.3) is 0 Å². The van der Waals surface area contributed by atoms with Crippen LogP contribution in [0.2, 0.25) is 0 Å². The van der Waals surface area contributed by atoms with Crippen LogP contribution in [0, 0.1) is 5.92 Å². The molecular formula is C10H20O2. The highest BCUT2D eigenvalue weighted by Gasteiger charge is 1.95. The summed E-state index contributed by atoms with van der Waals surface area (Å²) in [6, 6.07) is 0. The van der Waals surface area contributed by atoms with E-state index < -0.39 is 0 Å². The predicted molar refractivity (Wildman–Crippen MR) is 49.9 cm³/mol. The van der Waals surface area contributed by atoms with E-state index >= 15 is 0 Å². The number of esters is 1. The number of rotatable bonds is 6. The van der Waals surface area contributed by atoms with Gasteiger partial charge in [-0.25, -0.2) is 0 Å². The average molecular weight is 172 g/mol. The maximum atomic E-state index is 10.4. The Kier molecular flexibility index (Phi) is 6.82. The van der Waals surface area contributed by atoms with E-state index in [0.29, 0.717) is 6.61 Å². The fourth-order valence-electron chi connectivity index (χ4n) is 1.05. The molecule has 0 amide bonds. The van der Waals surface area contributed by atoms with E-state index in [9.17, 15) is 4.79 Å². The zero-order chi connectivity index (χ0) is 9.40. The van der Waals surface area contributed by atoms with Crippen molar-refractivity contribution in [2.45, 2.75) is 46.5 Å². The first-order chi connectivity index (χ1) is 5.63. The lowest BCUT2D eigenvalue weighted by molar-refractivity contribution is -0.141. The fourth-order valence-corrected chi connectivity index (χ4v) is 1.05. The molecule has 0 radical (unpaired) electrons. The molecule has 0 rings (SSSR count). The molecule has 0 fully saturated rings. The highest BCUT2D eigenvalue weighted by molar-refractivity contribution is 5.65. The molecule has 0 unspecified atom stereocenters. The molecule has 2 heteroatoms. The zero-order valence-corrected chi connectivity index (χ0v) is 8.43. The summed E-state index contributed by atoms with van der Waals surface area (Å²) in [5.74, 6) is 0.623. The van der Waals surface area contributed by atoms with Gasteiger partial charge in [-0.1, -0.05) is 33.1 Å². The van der Waals surface area contributed by atoms with Gasteiger partial charge in [-0.15, -0.1) is 0 Å². The molecule has 0 aliphatic heterocycles. The van der Waals surface area contributed by atoms with E-state index in [-0.39, 0.29) is 5.97 Å². The van der Waals surface area contributed by atoms with Crippen LogP contribution in [0.15, 0.2) is 0 Å². The summed E-state index contributed by atoms with van der Waals surface area (Å²) >= 11 is 0. The van der Waals surface area contributed by atoms with Gasteiger partial charge in [-0.05, 0) is 12.3 Å². The van der Waals surface area contributed by atoms with Gasteiger partial charge in [0.2, 0.25) is 0 Å². The van der Waals surface area contributed by atoms with E-state index in [2.05, 4.69) is 13.8 Å². The maximum absolute atomic E-state index is 10.4. The topological polar surface area (TPSA) is 26.3 Å². The number of hydrogen-bond acceptors (Lipinski definition) is 2. The summed E-state index contributed by atoms with van der Waals surface area (Å²) in [6.45, 7) is 6.50. The lowest BCUT2D eigenvalue weighted by Gasteiger charge is -2.04. The molecule has 0 bridgehead atoms. The van der Waals surface area contributed by atoms with Crippen molar-refractivity contribution in [2.24, 2.45) is 5.92 Å². The van der Waals surface area contributed by atoms with Crippen molar-refractivity contribution in [1.82, 2.24) is 0 Å². The highest BCUT2D eigenvalue weighted by atomic mass is 16.5. The van der Waals surface area contributed by atoms with Crippen molar-refractivity contribution < 1.29 is 9.53 Å². The Balaban J connectivity index is 2.96. The summed E-state index contributed by atoms with van der Waals surface area (Å²) in [7, 11) is 0. The maximum Gasteiger partial charge on any atom is 0.302 e. The first kappa shape index (κ1) is 11.5. The van der Waals surface area contributed by atoms with Gasteiger partial charge in [0.25, 0.3) is 0 Å². The molecular weight excluding hydrogens is 152 g/mol. The molecule has 72 valence electrons. The molecule has 0 aliphatic carbocycles. The lowest BCUT2D eigenvalue weighted by atomic mass is 10.1. The third-order valence-corrected chi connectivity index (χ3v) is 1.73. The van der Waals surface area contributed by atoms with Gasteiger partial charge in [0.05, 0.1) is 6.61 Å². The quantitative estimate of drug-likeness (QED) is 0.455. The molecule has 0 aromatic heterocycles. The molecule has 12 heavy (non-hydrogen) atoms. The molecule has 2 nitrogen and oxygen atoms in total. The normalized spacial score (nSPS) is 10.3. The van der Waals surface area contributed by atoms with Gasteiger partial charge >= 0.3 is 5.97 Å². The Morgan fingerprint density at radius 3 is 2.42 bits per heavy atom.